The number of rotatable bonds is 2. The predicted molar refractivity (Wildman–Crippen MR) is 68.4 cm³/mol. The van der Waals surface area contributed by atoms with Crippen LogP contribution >= 0.6 is 23.5 Å². The van der Waals surface area contributed by atoms with Gasteiger partial charge in [-0.05, 0) is 0 Å². The molecule has 3 unspecified atom stereocenters. The zero-order valence-corrected chi connectivity index (χ0v) is 11.0. The third-order valence-electron chi connectivity index (χ3n) is 3.00. The van der Waals surface area contributed by atoms with Gasteiger partial charge in [-0.25, -0.2) is 0 Å². The molecule has 3 heterocycles. The lowest BCUT2D eigenvalue weighted by molar-refractivity contribution is 0.187. The van der Waals surface area contributed by atoms with Gasteiger partial charge in [0.15, 0.2) is 5.82 Å². The average Bonchev–Trinajstić information content (AvgIpc) is 2.98. The van der Waals surface area contributed by atoms with Crippen LogP contribution in [-0.2, 0) is 4.74 Å². The van der Waals surface area contributed by atoms with Gasteiger partial charge < -0.3 is 15.0 Å². The smallest absolute Gasteiger partial charge is 0.233 e. The van der Waals surface area contributed by atoms with E-state index in [2.05, 4.69) is 10.1 Å². The number of nitrogens with zero attached hydrogens (tertiary/aromatic N) is 2. The molecule has 5 nitrogen and oxygen atoms in total. The Labute approximate surface area is 108 Å². The van der Waals surface area contributed by atoms with Crippen molar-refractivity contribution in [2.45, 2.75) is 17.2 Å². The molecule has 7 heteroatoms. The molecule has 0 aromatic carbocycles. The molecule has 0 aliphatic carbocycles. The van der Waals surface area contributed by atoms with Gasteiger partial charge in [0.2, 0.25) is 5.89 Å². The van der Waals surface area contributed by atoms with Crippen molar-refractivity contribution in [3.8, 4) is 0 Å². The Kier molecular flexibility index (Phi) is 3.60. The minimum Gasteiger partial charge on any atom is -0.379 e. The molecule has 0 radical (unpaired) electrons. The van der Waals surface area contributed by atoms with E-state index in [0.29, 0.717) is 24.4 Å². The molecule has 94 valence electrons. The summed E-state index contributed by atoms with van der Waals surface area (Å²) in [7, 11) is 0. The molecule has 2 aliphatic rings. The molecule has 0 spiro atoms. The normalized spacial score (nSPS) is 34.1. The highest BCUT2D eigenvalue weighted by Gasteiger charge is 2.32. The molecule has 0 amide bonds. The predicted octanol–water partition coefficient (Wildman–Crippen LogP) is 1.03. The van der Waals surface area contributed by atoms with Crippen LogP contribution in [0.2, 0.25) is 0 Å². The minimum atomic E-state index is -0.0170. The second-order valence-electron chi connectivity index (χ2n) is 4.23. The summed E-state index contributed by atoms with van der Waals surface area (Å²) in [4.78, 5) is 4.49. The Morgan fingerprint density at radius 1 is 1.29 bits per heavy atom. The molecule has 0 bridgehead atoms. The first-order valence-corrected chi connectivity index (χ1v) is 7.91. The van der Waals surface area contributed by atoms with Gasteiger partial charge in [-0.3, -0.25) is 0 Å². The van der Waals surface area contributed by atoms with Crippen LogP contribution in [0.4, 0.5) is 0 Å². The lowest BCUT2D eigenvalue weighted by atomic mass is 10.1. The SMILES string of the molecule is NC1COCC1c1nc(C2CSCCS2)no1. The van der Waals surface area contributed by atoms with Crippen molar-refractivity contribution in [2.75, 3.05) is 30.5 Å². The quantitative estimate of drug-likeness (QED) is 0.862. The van der Waals surface area contributed by atoms with E-state index in [1.54, 1.807) is 0 Å². The summed E-state index contributed by atoms with van der Waals surface area (Å²) in [6.45, 7) is 1.17. The molecule has 17 heavy (non-hydrogen) atoms. The Morgan fingerprint density at radius 3 is 2.94 bits per heavy atom. The van der Waals surface area contributed by atoms with Gasteiger partial charge in [0.05, 0.1) is 24.4 Å². The lowest BCUT2D eigenvalue weighted by Crippen LogP contribution is -2.27. The van der Waals surface area contributed by atoms with Gasteiger partial charge in [-0.2, -0.15) is 16.7 Å². The number of thioether (sulfide) groups is 2. The monoisotopic (exact) mass is 273 g/mol. The third kappa shape index (κ3) is 2.47. The minimum absolute atomic E-state index is 0.0170. The van der Waals surface area contributed by atoms with Crippen molar-refractivity contribution in [1.29, 1.82) is 0 Å². The highest BCUT2D eigenvalue weighted by Crippen LogP contribution is 2.36. The van der Waals surface area contributed by atoms with Crippen molar-refractivity contribution < 1.29 is 9.26 Å². The van der Waals surface area contributed by atoms with Crippen LogP contribution in [0.15, 0.2) is 4.52 Å². The highest BCUT2D eigenvalue weighted by molar-refractivity contribution is 8.06. The van der Waals surface area contributed by atoms with Crippen molar-refractivity contribution in [1.82, 2.24) is 10.1 Å². The number of ether oxygens (including phenoxy) is 1. The van der Waals surface area contributed by atoms with Crippen molar-refractivity contribution >= 4 is 23.5 Å². The Morgan fingerprint density at radius 2 is 2.24 bits per heavy atom. The van der Waals surface area contributed by atoms with E-state index in [0.717, 1.165) is 17.3 Å². The first-order chi connectivity index (χ1) is 8.34. The van der Waals surface area contributed by atoms with E-state index in [1.165, 1.54) is 5.75 Å². The summed E-state index contributed by atoms with van der Waals surface area (Å²) < 4.78 is 10.6. The maximum Gasteiger partial charge on any atom is 0.233 e. The second kappa shape index (κ2) is 5.17. The van der Waals surface area contributed by atoms with Crippen LogP contribution in [0.3, 0.4) is 0 Å². The van der Waals surface area contributed by atoms with Crippen LogP contribution in [0.25, 0.3) is 0 Å². The Bertz CT molecular complexity index is 381. The maximum absolute atomic E-state index is 5.94. The number of hydrogen-bond donors (Lipinski definition) is 1. The van der Waals surface area contributed by atoms with Crippen LogP contribution in [0.1, 0.15) is 22.9 Å². The second-order valence-corrected chi connectivity index (χ2v) is 6.69. The fraction of sp³-hybridized carbons (Fsp3) is 0.800. The molecule has 2 saturated heterocycles. The summed E-state index contributed by atoms with van der Waals surface area (Å²) in [5, 5.41) is 4.45. The summed E-state index contributed by atoms with van der Waals surface area (Å²) >= 11 is 3.85. The topological polar surface area (TPSA) is 74.2 Å². The van der Waals surface area contributed by atoms with Crippen molar-refractivity contribution in [2.24, 2.45) is 5.73 Å². The summed E-state index contributed by atoms with van der Waals surface area (Å²) in [6, 6.07) is -0.0170. The van der Waals surface area contributed by atoms with Gasteiger partial charge >= 0.3 is 0 Å². The number of aromatic nitrogens is 2. The van der Waals surface area contributed by atoms with E-state index in [1.807, 2.05) is 23.5 Å². The van der Waals surface area contributed by atoms with Gasteiger partial charge in [-0.1, -0.05) is 5.16 Å². The van der Waals surface area contributed by atoms with E-state index >= 15 is 0 Å². The molecule has 3 atom stereocenters. The van der Waals surface area contributed by atoms with E-state index in [4.69, 9.17) is 15.0 Å². The van der Waals surface area contributed by atoms with Gasteiger partial charge in [0.25, 0.3) is 0 Å². The van der Waals surface area contributed by atoms with Gasteiger partial charge in [0, 0.05) is 23.3 Å². The zero-order valence-electron chi connectivity index (χ0n) is 9.37. The zero-order chi connectivity index (χ0) is 11.7. The Hall–Kier alpha value is -0.240. The van der Waals surface area contributed by atoms with Crippen LogP contribution in [0, 0.1) is 0 Å². The Balaban J connectivity index is 1.73. The molecule has 2 aliphatic heterocycles. The van der Waals surface area contributed by atoms with Crippen LogP contribution < -0.4 is 5.73 Å². The largest absolute Gasteiger partial charge is 0.379 e. The first kappa shape index (κ1) is 11.8. The van der Waals surface area contributed by atoms with E-state index in [-0.39, 0.29) is 12.0 Å². The lowest BCUT2D eigenvalue weighted by Gasteiger charge is -2.17. The van der Waals surface area contributed by atoms with Crippen LogP contribution in [0.5, 0.6) is 0 Å². The van der Waals surface area contributed by atoms with Crippen molar-refractivity contribution in [3.63, 3.8) is 0 Å². The van der Waals surface area contributed by atoms with E-state index in [9.17, 15) is 0 Å². The molecule has 2 N–H and O–H groups in total. The third-order valence-corrected chi connectivity index (χ3v) is 5.75. The summed E-state index contributed by atoms with van der Waals surface area (Å²) in [6.07, 6.45) is 0. The van der Waals surface area contributed by atoms with Crippen molar-refractivity contribution in [3.05, 3.63) is 11.7 Å². The fourth-order valence-corrected chi connectivity index (χ4v) is 4.58. The molecule has 3 rings (SSSR count). The molecule has 1 aromatic heterocycles. The molecule has 2 fully saturated rings. The molecule has 0 saturated carbocycles. The summed E-state index contributed by atoms with van der Waals surface area (Å²) in [5.41, 5.74) is 5.94. The standard InChI is InChI=1S/C10H15N3O2S2/c11-7-4-14-3-6(7)10-12-9(13-15-10)8-5-16-1-2-17-8/h6-8H,1-5,11H2. The molecular formula is C10H15N3O2S2. The van der Waals surface area contributed by atoms with E-state index < -0.39 is 0 Å². The van der Waals surface area contributed by atoms with Gasteiger partial charge in [0.1, 0.15) is 0 Å². The van der Waals surface area contributed by atoms with Gasteiger partial charge in [-0.15, -0.1) is 11.8 Å². The first-order valence-electron chi connectivity index (χ1n) is 5.71. The maximum atomic E-state index is 5.94. The number of hydrogen-bond acceptors (Lipinski definition) is 7. The van der Waals surface area contributed by atoms with Crippen LogP contribution in [-0.4, -0.2) is 46.7 Å². The highest BCUT2D eigenvalue weighted by atomic mass is 32.2. The summed E-state index contributed by atoms with van der Waals surface area (Å²) in [5.74, 6) is 4.96. The molecule has 1 aromatic rings. The average molecular weight is 273 g/mol. The fourth-order valence-electron chi connectivity index (χ4n) is 1.99. The number of nitrogens with two attached hydrogens (primary N) is 1. The molecular weight excluding hydrogens is 258 g/mol.